The summed E-state index contributed by atoms with van der Waals surface area (Å²) in [6.45, 7) is 15.1. The Labute approximate surface area is 304 Å². The molecule has 1 aliphatic heterocycles. The minimum absolute atomic E-state index is 0.0322. The van der Waals surface area contributed by atoms with Crippen molar-refractivity contribution in [3.05, 3.63) is 52.3 Å². The van der Waals surface area contributed by atoms with E-state index in [0.717, 1.165) is 25.7 Å². The van der Waals surface area contributed by atoms with Gasteiger partial charge in [0.15, 0.2) is 0 Å². The van der Waals surface area contributed by atoms with Gasteiger partial charge in [-0.25, -0.2) is 23.6 Å². The number of anilines is 1. The molecule has 16 heteroatoms. The van der Waals surface area contributed by atoms with E-state index in [9.17, 15) is 24.0 Å². The minimum Gasteiger partial charge on any atom is -0.444 e. The van der Waals surface area contributed by atoms with Crippen molar-refractivity contribution >= 4 is 29.9 Å². The van der Waals surface area contributed by atoms with Crippen molar-refractivity contribution < 1.29 is 33.0 Å². The fourth-order valence-corrected chi connectivity index (χ4v) is 5.98. The van der Waals surface area contributed by atoms with Crippen molar-refractivity contribution in [2.45, 2.75) is 116 Å². The summed E-state index contributed by atoms with van der Waals surface area (Å²) in [6, 6.07) is 5.70. The van der Waals surface area contributed by atoms with Gasteiger partial charge < -0.3 is 35.2 Å². The van der Waals surface area contributed by atoms with Crippen molar-refractivity contribution in [2.24, 2.45) is 0 Å². The number of nitrogens with one attached hydrogen (secondary N) is 4. The first-order valence-electron chi connectivity index (χ1n) is 17.7. The second kappa shape index (κ2) is 16.3. The fraction of sp³-hybridized carbons (Fsp3) is 0.611. The van der Waals surface area contributed by atoms with E-state index in [2.05, 4.69) is 26.3 Å². The van der Waals surface area contributed by atoms with E-state index in [1.165, 1.54) is 27.8 Å². The number of carbonyl (C=O) groups is 4. The highest BCUT2D eigenvalue weighted by Crippen LogP contribution is 2.21. The number of halogens is 1. The van der Waals surface area contributed by atoms with E-state index in [0.29, 0.717) is 12.1 Å². The zero-order chi connectivity index (χ0) is 38.4. The monoisotopic (exact) mass is 728 g/mol. The van der Waals surface area contributed by atoms with E-state index < -0.39 is 46.5 Å². The van der Waals surface area contributed by atoms with Gasteiger partial charge in [0.25, 0.3) is 0 Å². The van der Waals surface area contributed by atoms with Crippen molar-refractivity contribution in [3.63, 3.8) is 0 Å². The number of hydrogen-bond acceptors (Lipinski definition) is 9. The van der Waals surface area contributed by atoms with E-state index in [1.54, 1.807) is 51.7 Å². The van der Waals surface area contributed by atoms with Crippen LogP contribution in [0.15, 0.2) is 35.3 Å². The van der Waals surface area contributed by atoms with Crippen LogP contribution in [0.2, 0.25) is 0 Å². The van der Waals surface area contributed by atoms with E-state index in [-0.39, 0.29) is 55.7 Å². The van der Waals surface area contributed by atoms with Gasteiger partial charge in [0.2, 0.25) is 5.91 Å². The van der Waals surface area contributed by atoms with Gasteiger partial charge in [-0.3, -0.25) is 14.7 Å². The molecule has 4 rings (SSSR count). The number of alkyl carbamates (subject to hydrolysis) is 2. The van der Waals surface area contributed by atoms with Gasteiger partial charge in [0.1, 0.15) is 28.4 Å². The molecular formula is C36H53FN8O7. The quantitative estimate of drug-likeness (QED) is 0.309. The number of benzene rings is 1. The molecule has 2 aliphatic rings. The summed E-state index contributed by atoms with van der Waals surface area (Å²) in [5.74, 6) is -0.751. The lowest BCUT2D eigenvalue weighted by Gasteiger charge is -2.38. The molecule has 1 aromatic heterocycles. The highest BCUT2D eigenvalue weighted by Gasteiger charge is 2.37. The number of amides is 5. The second-order valence-corrected chi connectivity index (χ2v) is 15.8. The van der Waals surface area contributed by atoms with Crippen LogP contribution in [-0.2, 0) is 20.8 Å². The standard InChI is InChI=1S/C36H53FN8O7/c1-34(2,3)51-32(49)39-25-12-10-24(11-13-25)38-22-23-9-14-26(21-27(23)37)45-16-15-28(41-31(45)48)40-30(47)44-19-17-43(18-20-44)29(46)36(7,8)42-33(50)52-35(4,5)6/h9,14-16,21,24-25,38H,10-13,17-20,22H2,1-8H3,(H,39,49)(H,42,50)(H,40,41,47,48). The smallest absolute Gasteiger partial charge is 0.408 e. The van der Waals surface area contributed by atoms with Gasteiger partial charge in [-0.2, -0.15) is 4.98 Å². The molecule has 0 unspecified atom stereocenters. The highest BCUT2D eigenvalue weighted by molar-refractivity contribution is 5.90. The highest BCUT2D eigenvalue weighted by atomic mass is 19.1. The molecule has 0 bridgehead atoms. The molecule has 1 aliphatic carbocycles. The number of nitrogens with zero attached hydrogens (tertiary/aromatic N) is 4. The zero-order valence-corrected chi connectivity index (χ0v) is 31.4. The molecule has 286 valence electrons. The molecular weight excluding hydrogens is 675 g/mol. The fourth-order valence-electron chi connectivity index (χ4n) is 5.98. The summed E-state index contributed by atoms with van der Waals surface area (Å²) in [4.78, 5) is 70.3. The minimum atomic E-state index is -1.22. The first-order valence-corrected chi connectivity index (χ1v) is 17.7. The lowest BCUT2D eigenvalue weighted by Crippen LogP contribution is -2.60. The maximum atomic E-state index is 15.1. The van der Waals surface area contributed by atoms with Crippen LogP contribution in [0.3, 0.4) is 0 Å². The van der Waals surface area contributed by atoms with Crippen LogP contribution < -0.4 is 27.0 Å². The van der Waals surface area contributed by atoms with Crippen LogP contribution in [0.5, 0.6) is 0 Å². The summed E-state index contributed by atoms with van der Waals surface area (Å²) < 4.78 is 26.9. The lowest BCUT2D eigenvalue weighted by molar-refractivity contribution is -0.138. The summed E-state index contributed by atoms with van der Waals surface area (Å²) in [5, 5.41) is 11.5. The Bertz CT molecular complexity index is 1670. The Morgan fingerprint density at radius 1 is 0.827 bits per heavy atom. The van der Waals surface area contributed by atoms with Crippen molar-refractivity contribution in [3.8, 4) is 5.69 Å². The Kier molecular flexibility index (Phi) is 12.6. The molecule has 2 heterocycles. The maximum absolute atomic E-state index is 15.1. The van der Waals surface area contributed by atoms with Gasteiger partial charge in [-0.05, 0) is 99.3 Å². The Morgan fingerprint density at radius 2 is 1.40 bits per heavy atom. The number of hydrogen-bond donors (Lipinski definition) is 4. The normalized spacial score (nSPS) is 18.3. The number of ether oxygens (including phenoxy) is 2. The van der Waals surface area contributed by atoms with Gasteiger partial charge in [0.05, 0.1) is 5.69 Å². The number of piperazine rings is 1. The van der Waals surface area contributed by atoms with Crippen LogP contribution in [-0.4, -0.2) is 98.5 Å². The molecule has 0 spiro atoms. The predicted octanol–water partition coefficient (Wildman–Crippen LogP) is 4.28. The number of carbonyl (C=O) groups excluding carboxylic acids is 4. The predicted molar refractivity (Wildman–Crippen MR) is 193 cm³/mol. The molecule has 2 aromatic rings. The molecule has 5 amide bonds. The van der Waals surface area contributed by atoms with Crippen molar-refractivity contribution in [1.82, 2.24) is 35.3 Å². The molecule has 0 radical (unpaired) electrons. The summed E-state index contributed by atoms with van der Waals surface area (Å²) in [6.07, 6.45) is 3.53. The van der Waals surface area contributed by atoms with Crippen LogP contribution in [0, 0.1) is 5.82 Å². The molecule has 15 nitrogen and oxygen atoms in total. The van der Waals surface area contributed by atoms with Gasteiger partial charge in [0, 0.05) is 56.6 Å². The third-order valence-corrected chi connectivity index (χ3v) is 8.58. The summed E-state index contributed by atoms with van der Waals surface area (Å²) in [5.41, 5.74) is -2.44. The third-order valence-electron chi connectivity index (χ3n) is 8.58. The summed E-state index contributed by atoms with van der Waals surface area (Å²) >= 11 is 0. The van der Waals surface area contributed by atoms with Gasteiger partial charge >= 0.3 is 23.9 Å². The third kappa shape index (κ3) is 11.6. The SMILES string of the molecule is CC(C)(C)OC(=O)NC1CCC(NCc2ccc(-n3ccc(NC(=O)N4CCN(C(=O)C(C)(C)NC(=O)OC(C)(C)C)CC4)nc3=O)cc2F)CC1. The topological polar surface area (TPSA) is 176 Å². The van der Waals surface area contributed by atoms with Crippen LogP contribution in [0.1, 0.15) is 86.6 Å². The largest absolute Gasteiger partial charge is 0.444 e. The van der Waals surface area contributed by atoms with Crippen LogP contribution in [0.25, 0.3) is 5.69 Å². The zero-order valence-electron chi connectivity index (χ0n) is 31.4. The Morgan fingerprint density at radius 3 is 1.98 bits per heavy atom. The molecule has 0 atom stereocenters. The molecule has 1 aromatic carbocycles. The summed E-state index contributed by atoms with van der Waals surface area (Å²) in [7, 11) is 0. The average molecular weight is 729 g/mol. The van der Waals surface area contributed by atoms with E-state index >= 15 is 4.39 Å². The number of aromatic nitrogens is 2. The Balaban J connectivity index is 1.24. The van der Waals surface area contributed by atoms with E-state index in [4.69, 9.17) is 9.47 Å². The maximum Gasteiger partial charge on any atom is 0.408 e. The number of rotatable bonds is 8. The van der Waals surface area contributed by atoms with Crippen LogP contribution in [0.4, 0.5) is 24.6 Å². The van der Waals surface area contributed by atoms with E-state index in [1.807, 2.05) is 20.8 Å². The molecule has 2 fully saturated rings. The van der Waals surface area contributed by atoms with Crippen molar-refractivity contribution in [2.75, 3.05) is 31.5 Å². The lowest BCUT2D eigenvalue weighted by atomic mass is 9.91. The van der Waals surface area contributed by atoms with Crippen molar-refractivity contribution in [1.29, 1.82) is 0 Å². The van der Waals surface area contributed by atoms with Gasteiger partial charge in [-0.1, -0.05) is 6.07 Å². The number of urea groups is 1. The van der Waals surface area contributed by atoms with Crippen LogP contribution >= 0.6 is 0 Å². The second-order valence-electron chi connectivity index (χ2n) is 15.8. The molecule has 4 N–H and O–H groups in total. The first kappa shape index (κ1) is 40.0. The average Bonchev–Trinajstić information content (AvgIpc) is 3.02. The molecule has 52 heavy (non-hydrogen) atoms. The van der Waals surface area contributed by atoms with Gasteiger partial charge in [-0.15, -0.1) is 0 Å². The molecule has 1 saturated carbocycles. The Hall–Kier alpha value is -4.73. The molecule has 1 saturated heterocycles. The first-order chi connectivity index (χ1) is 24.2.